The van der Waals surface area contributed by atoms with Gasteiger partial charge in [0.25, 0.3) is 0 Å². The summed E-state index contributed by atoms with van der Waals surface area (Å²) in [6.07, 6.45) is 1.78. The van der Waals surface area contributed by atoms with Crippen molar-refractivity contribution in [3.63, 3.8) is 0 Å². The van der Waals surface area contributed by atoms with Gasteiger partial charge in [-0.1, -0.05) is 27.7 Å². The third kappa shape index (κ3) is 3.05. The first kappa shape index (κ1) is 12.2. The van der Waals surface area contributed by atoms with E-state index < -0.39 is 0 Å². The van der Waals surface area contributed by atoms with Gasteiger partial charge in [-0.15, -0.1) is 0 Å². The molecular formula is C12H21NO2. The molecule has 86 valence electrons. The molecule has 1 heterocycles. The van der Waals surface area contributed by atoms with Gasteiger partial charge >= 0.3 is 0 Å². The standard InChI is InChI=1S/C12H21NO2/c1-9(12(2,3)4)8-13-10(14)6-5-7-11(13)15/h9H,5-8H2,1-4H3/t9-/m1/s1. The second-order valence-corrected chi connectivity index (χ2v) is 5.52. The zero-order valence-electron chi connectivity index (χ0n) is 10.2. The fraction of sp³-hybridized carbons (Fsp3) is 0.833. The monoisotopic (exact) mass is 211 g/mol. The van der Waals surface area contributed by atoms with Crippen molar-refractivity contribution in [2.24, 2.45) is 11.3 Å². The Labute approximate surface area is 91.8 Å². The van der Waals surface area contributed by atoms with Gasteiger partial charge in [0.2, 0.25) is 11.8 Å². The molecule has 3 heteroatoms. The number of hydrogen-bond acceptors (Lipinski definition) is 2. The minimum absolute atomic E-state index is 0.00218. The predicted molar refractivity (Wildman–Crippen MR) is 59.2 cm³/mol. The fourth-order valence-electron chi connectivity index (χ4n) is 1.55. The van der Waals surface area contributed by atoms with Crippen LogP contribution < -0.4 is 0 Å². The van der Waals surface area contributed by atoms with E-state index in [0.29, 0.717) is 25.3 Å². The van der Waals surface area contributed by atoms with Gasteiger partial charge in [-0.25, -0.2) is 0 Å². The molecule has 0 saturated carbocycles. The van der Waals surface area contributed by atoms with Gasteiger partial charge in [-0.3, -0.25) is 14.5 Å². The summed E-state index contributed by atoms with van der Waals surface area (Å²) in [7, 11) is 0. The summed E-state index contributed by atoms with van der Waals surface area (Å²) in [5.41, 5.74) is 0.137. The molecule has 2 amide bonds. The topological polar surface area (TPSA) is 37.4 Å². The van der Waals surface area contributed by atoms with Crippen molar-refractivity contribution < 1.29 is 9.59 Å². The molecule has 0 radical (unpaired) electrons. The maximum Gasteiger partial charge on any atom is 0.229 e. The molecule has 3 nitrogen and oxygen atoms in total. The molecule has 1 aliphatic heterocycles. The van der Waals surface area contributed by atoms with E-state index in [4.69, 9.17) is 0 Å². The van der Waals surface area contributed by atoms with Gasteiger partial charge < -0.3 is 0 Å². The average Bonchev–Trinajstić information content (AvgIpc) is 2.09. The lowest BCUT2D eigenvalue weighted by Gasteiger charge is -2.33. The molecule has 1 atom stereocenters. The Balaban J connectivity index is 2.63. The van der Waals surface area contributed by atoms with Crippen LogP contribution in [0.25, 0.3) is 0 Å². The second kappa shape index (κ2) is 4.33. The van der Waals surface area contributed by atoms with Crippen LogP contribution in [0.3, 0.4) is 0 Å². The van der Waals surface area contributed by atoms with Gasteiger partial charge in [-0.05, 0) is 17.8 Å². The number of rotatable bonds is 2. The molecule has 1 rings (SSSR count). The first-order valence-corrected chi connectivity index (χ1v) is 5.65. The summed E-state index contributed by atoms with van der Waals surface area (Å²) in [5, 5.41) is 0. The Kier molecular flexibility index (Phi) is 3.53. The van der Waals surface area contributed by atoms with Crippen molar-refractivity contribution >= 4 is 11.8 Å². The van der Waals surface area contributed by atoms with Crippen molar-refractivity contribution in [2.45, 2.75) is 47.0 Å². The normalized spacial score (nSPS) is 20.7. The van der Waals surface area contributed by atoms with E-state index >= 15 is 0 Å². The van der Waals surface area contributed by atoms with Gasteiger partial charge in [0.05, 0.1) is 0 Å². The lowest BCUT2D eigenvalue weighted by Crippen LogP contribution is -2.44. The molecule has 1 saturated heterocycles. The highest BCUT2D eigenvalue weighted by Crippen LogP contribution is 2.27. The molecule has 1 fully saturated rings. The van der Waals surface area contributed by atoms with Crippen molar-refractivity contribution in [3.05, 3.63) is 0 Å². The second-order valence-electron chi connectivity index (χ2n) is 5.52. The van der Waals surface area contributed by atoms with Crippen LogP contribution in [0.4, 0.5) is 0 Å². The van der Waals surface area contributed by atoms with Crippen LogP contribution in [0.2, 0.25) is 0 Å². The Morgan fingerprint density at radius 3 is 2.07 bits per heavy atom. The van der Waals surface area contributed by atoms with E-state index in [0.717, 1.165) is 6.42 Å². The van der Waals surface area contributed by atoms with Gasteiger partial charge in [0.15, 0.2) is 0 Å². The van der Waals surface area contributed by atoms with E-state index in [1.807, 2.05) is 0 Å². The van der Waals surface area contributed by atoms with Gasteiger partial charge in [0.1, 0.15) is 0 Å². The maximum absolute atomic E-state index is 11.6. The Morgan fingerprint density at radius 1 is 1.20 bits per heavy atom. The van der Waals surface area contributed by atoms with Crippen LogP contribution in [-0.2, 0) is 9.59 Å². The molecular weight excluding hydrogens is 190 g/mol. The highest BCUT2D eigenvalue weighted by molar-refractivity contribution is 5.97. The smallest absolute Gasteiger partial charge is 0.229 e. The number of nitrogens with zero attached hydrogens (tertiary/aromatic N) is 1. The number of hydrogen-bond donors (Lipinski definition) is 0. The fourth-order valence-corrected chi connectivity index (χ4v) is 1.55. The number of imide groups is 1. The molecule has 0 aliphatic carbocycles. The number of likely N-dealkylation sites (tertiary alicyclic amines) is 1. The third-order valence-electron chi connectivity index (χ3n) is 3.32. The van der Waals surface area contributed by atoms with Gasteiger partial charge in [0, 0.05) is 19.4 Å². The summed E-state index contributed by atoms with van der Waals surface area (Å²) < 4.78 is 0. The Hall–Kier alpha value is -0.860. The highest BCUT2D eigenvalue weighted by atomic mass is 16.2. The number of piperidine rings is 1. The average molecular weight is 211 g/mol. The Morgan fingerprint density at radius 2 is 1.67 bits per heavy atom. The molecule has 0 unspecified atom stereocenters. The first-order chi connectivity index (χ1) is 6.82. The zero-order valence-corrected chi connectivity index (χ0v) is 10.2. The van der Waals surface area contributed by atoms with Crippen LogP contribution in [0.1, 0.15) is 47.0 Å². The van der Waals surface area contributed by atoms with Crippen LogP contribution in [0, 0.1) is 11.3 Å². The Bertz CT molecular complexity index is 249. The summed E-state index contributed by atoms with van der Waals surface area (Å²) in [6, 6.07) is 0. The lowest BCUT2D eigenvalue weighted by molar-refractivity contribution is -0.149. The summed E-state index contributed by atoms with van der Waals surface area (Å²) in [5.74, 6) is 0.341. The number of amides is 2. The van der Waals surface area contributed by atoms with Crippen molar-refractivity contribution in [3.8, 4) is 0 Å². The molecule has 0 aromatic carbocycles. The van der Waals surface area contributed by atoms with Crippen molar-refractivity contribution in [2.75, 3.05) is 6.54 Å². The molecule has 0 spiro atoms. The predicted octanol–water partition coefficient (Wildman–Crippen LogP) is 2.21. The third-order valence-corrected chi connectivity index (χ3v) is 3.32. The quantitative estimate of drug-likeness (QED) is 0.657. The summed E-state index contributed by atoms with van der Waals surface area (Å²) in [4.78, 5) is 24.6. The highest BCUT2D eigenvalue weighted by Gasteiger charge is 2.30. The van der Waals surface area contributed by atoms with E-state index in [1.54, 1.807) is 0 Å². The number of carbonyl (C=O) groups excluding carboxylic acids is 2. The van der Waals surface area contributed by atoms with Gasteiger partial charge in [-0.2, -0.15) is 0 Å². The number of carbonyl (C=O) groups is 2. The van der Waals surface area contributed by atoms with Crippen LogP contribution in [-0.4, -0.2) is 23.3 Å². The van der Waals surface area contributed by atoms with Crippen LogP contribution in [0.5, 0.6) is 0 Å². The molecule has 0 aromatic heterocycles. The minimum atomic E-state index is 0.00218. The molecule has 0 aromatic rings. The molecule has 1 aliphatic rings. The molecule has 0 bridgehead atoms. The van der Waals surface area contributed by atoms with E-state index in [2.05, 4.69) is 27.7 Å². The summed E-state index contributed by atoms with van der Waals surface area (Å²) in [6.45, 7) is 9.07. The SMILES string of the molecule is C[C@H](CN1C(=O)CCCC1=O)C(C)(C)C. The van der Waals surface area contributed by atoms with E-state index in [9.17, 15) is 9.59 Å². The van der Waals surface area contributed by atoms with Crippen LogP contribution in [0.15, 0.2) is 0 Å². The zero-order chi connectivity index (χ0) is 11.6. The molecule has 15 heavy (non-hydrogen) atoms. The minimum Gasteiger partial charge on any atom is -0.282 e. The maximum atomic E-state index is 11.6. The molecule has 0 N–H and O–H groups in total. The van der Waals surface area contributed by atoms with E-state index in [1.165, 1.54) is 4.90 Å². The summed E-state index contributed by atoms with van der Waals surface area (Å²) >= 11 is 0. The van der Waals surface area contributed by atoms with Crippen molar-refractivity contribution in [1.29, 1.82) is 0 Å². The largest absolute Gasteiger partial charge is 0.282 e. The van der Waals surface area contributed by atoms with E-state index in [-0.39, 0.29) is 17.2 Å². The first-order valence-electron chi connectivity index (χ1n) is 5.65. The lowest BCUT2D eigenvalue weighted by atomic mass is 9.81. The van der Waals surface area contributed by atoms with Crippen molar-refractivity contribution in [1.82, 2.24) is 4.90 Å². The van der Waals surface area contributed by atoms with Crippen LogP contribution >= 0.6 is 0 Å².